The third-order valence-corrected chi connectivity index (χ3v) is 9.49. The molecule has 1 N–H and O–H groups in total. The summed E-state index contributed by atoms with van der Waals surface area (Å²) < 4.78 is 8.58. The van der Waals surface area contributed by atoms with E-state index in [2.05, 4.69) is 108 Å². The Balaban J connectivity index is 1.21. The number of para-hydroxylation sites is 1. The molecule has 5 heteroatoms. The lowest BCUT2D eigenvalue weighted by Gasteiger charge is -2.24. The fourth-order valence-corrected chi connectivity index (χ4v) is 7.33. The highest BCUT2D eigenvalue weighted by molar-refractivity contribution is 7.25. The van der Waals surface area contributed by atoms with Gasteiger partial charge in [0.05, 0.1) is 0 Å². The monoisotopic (exact) mass is 583 g/mol. The van der Waals surface area contributed by atoms with Crippen molar-refractivity contribution in [3.63, 3.8) is 0 Å². The second kappa shape index (κ2) is 10.0. The molecule has 0 amide bonds. The van der Waals surface area contributed by atoms with Crippen molar-refractivity contribution in [2.45, 2.75) is 6.17 Å². The Morgan fingerprint density at radius 2 is 1.30 bits per heavy atom. The van der Waals surface area contributed by atoms with Crippen LogP contribution in [0.4, 0.5) is 0 Å². The highest BCUT2D eigenvalue weighted by atomic mass is 32.1. The van der Waals surface area contributed by atoms with Gasteiger partial charge >= 0.3 is 0 Å². The van der Waals surface area contributed by atoms with Gasteiger partial charge < -0.3 is 9.73 Å². The molecular weight excluding hydrogens is 559 g/mol. The minimum absolute atomic E-state index is 0.244. The summed E-state index contributed by atoms with van der Waals surface area (Å²) in [5.41, 5.74) is 7.33. The quantitative estimate of drug-likeness (QED) is 0.224. The van der Waals surface area contributed by atoms with Gasteiger partial charge in [0.15, 0.2) is 5.84 Å². The van der Waals surface area contributed by atoms with E-state index in [1.165, 1.54) is 31.3 Å². The van der Waals surface area contributed by atoms with Crippen LogP contribution in [-0.2, 0) is 0 Å². The van der Waals surface area contributed by atoms with Crippen molar-refractivity contribution in [3.8, 4) is 11.1 Å². The van der Waals surface area contributed by atoms with E-state index >= 15 is 0 Å². The molecule has 0 radical (unpaired) electrons. The van der Waals surface area contributed by atoms with Crippen LogP contribution >= 0.6 is 11.3 Å². The summed E-state index contributed by atoms with van der Waals surface area (Å²) in [4.78, 5) is 10.2. The Morgan fingerprint density at radius 1 is 0.568 bits per heavy atom. The molecule has 1 unspecified atom stereocenters. The van der Waals surface area contributed by atoms with Gasteiger partial charge in [-0.2, -0.15) is 0 Å². The second-order valence-electron chi connectivity index (χ2n) is 11.0. The average molecular weight is 584 g/mol. The van der Waals surface area contributed by atoms with Gasteiger partial charge in [0.25, 0.3) is 0 Å². The van der Waals surface area contributed by atoms with Crippen molar-refractivity contribution < 1.29 is 4.42 Å². The number of amidine groups is 2. The van der Waals surface area contributed by atoms with Crippen LogP contribution < -0.4 is 5.32 Å². The van der Waals surface area contributed by atoms with Gasteiger partial charge in [-0.15, -0.1) is 11.3 Å². The van der Waals surface area contributed by atoms with E-state index < -0.39 is 0 Å². The number of nitrogens with zero attached hydrogens (tertiary/aromatic N) is 2. The van der Waals surface area contributed by atoms with E-state index in [-0.39, 0.29) is 6.17 Å². The van der Waals surface area contributed by atoms with E-state index in [1.54, 1.807) is 0 Å². The molecule has 208 valence electrons. The van der Waals surface area contributed by atoms with E-state index in [0.29, 0.717) is 0 Å². The standard InChI is InChI=1S/C39H25N3OS/c1-3-10-24(11-4-1)37-40-38(25-12-5-2-6-13-25)42-39(41-37)29-15-9-17-35-36(29)31-23-27(19-21-34(31)44-35)26-18-20-33-30(22-26)28-14-7-8-16-32(28)43-33/h1-23,37H,(H,40,41,42). The number of rotatable bonds is 4. The molecule has 1 aliphatic heterocycles. The van der Waals surface area contributed by atoms with E-state index in [1.807, 2.05) is 47.7 Å². The van der Waals surface area contributed by atoms with Gasteiger partial charge in [-0.1, -0.05) is 103 Å². The minimum atomic E-state index is -0.244. The molecule has 1 aliphatic rings. The van der Waals surface area contributed by atoms with E-state index in [0.717, 1.165) is 50.3 Å². The Labute approximate surface area is 257 Å². The third-order valence-electron chi connectivity index (χ3n) is 8.35. The molecule has 6 aromatic carbocycles. The Morgan fingerprint density at radius 3 is 2.16 bits per heavy atom. The van der Waals surface area contributed by atoms with Crippen LogP contribution in [0.3, 0.4) is 0 Å². The fourth-order valence-electron chi connectivity index (χ4n) is 6.22. The first kappa shape index (κ1) is 25.0. The van der Waals surface area contributed by atoms with E-state index in [9.17, 15) is 0 Å². The van der Waals surface area contributed by atoms with Gasteiger partial charge in [0.2, 0.25) is 0 Å². The predicted molar refractivity (Wildman–Crippen MR) is 184 cm³/mol. The number of thiophene rings is 1. The minimum Gasteiger partial charge on any atom is -0.456 e. The summed E-state index contributed by atoms with van der Waals surface area (Å²) in [7, 11) is 0. The van der Waals surface area contributed by atoms with Crippen molar-refractivity contribution in [1.29, 1.82) is 0 Å². The molecular formula is C39H25N3OS. The first-order valence-corrected chi connectivity index (χ1v) is 15.5. The smallest absolute Gasteiger partial charge is 0.159 e. The maximum absolute atomic E-state index is 6.09. The summed E-state index contributed by atoms with van der Waals surface area (Å²) in [6, 6.07) is 48.6. The van der Waals surface area contributed by atoms with Gasteiger partial charge in [-0.3, -0.25) is 0 Å². The van der Waals surface area contributed by atoms with Gasteiger partial charge in [-0.05, 0) is 53.1 Å². The SMILES string of the molecule is c1ccc(C2=NC(c3ccccc3)NC(c3cccc4sc5ccc(-c6ccc7oc8ccccc8c7c6)cc5c34)=N2)cc1. The van der Waals surface area contributed by atoms with Crippen molar-refractivity contribution in [2.75, 3.05) is 0 Å². The Bertz CT molecular complexity index is 2420. The number of furan rings is 1. The summed E-state index contributed by atoms with van der Waals surface area (Å²) >= 11 is 1.82. The third kappa shape index (κ3) is 4.13. The Kier molecular flexibility index (Phi) is 5.71. The molecule has 8 aromatic rings. The number of nitrogens with one attached hydrogen (secondary N) is 1. The average Bonchev–Trinajstić information content (AvgIpc) is 3.66. The lowest BCUT2D eigenvalue weighted by Crippen LogP contribution is -2.33. The second-order valence-corrected chi connectivity index (χ2v) is 12.1. The van der Waals surface area contributed by atoms with Crippen molar-refractivity contribution >= 4 is 65.1 Å². The fraction of sp³-hybridized carbons (Fsp3) is 0.0256. The normalized spacial score (nSPS) is 15.0. The molecule has 4 nitrogen and oxygen atoms in total. The number of benzene rings is 6. The van der Waals surface area contributed by atoms with Crippen LogP contribution in [0, 0.1) is 0 Å². The van der Waals surface area contributed by atoms with Crippen LogP contribution in [0.15, 0.2) is 154 Å². The molecule has 9 rings (SSSR count). The molecule has 0 spiro atoms. The van der Waals surface area contributed by atoms with Gasteiger partial charge in [0, 0.05) is 42.1 Å². The zero-order chi connectivity index (χ0) is 29.0. The van der Waals surface area contributed by atoms with E-state index in [4.69, 9.17) is 14.4 Å². The predicted octanol–water partition coefficient (Wildman–Crippen LogP) is 10.1. The molecule has 0 aliphatic carbocycles. The lowest BCUT2D eigenvalue weighted by atomic mass is 9.99. The maximum atomic E-state index is 6.09. The van der Waals surface area contributed by atoms with Crippen LogP contribution in [0.25, 0.3) is 53.2 Å². The summed E-state index contributed by atoms with van der Waals surface area (Å²) in [5, 5.41) is 8.37. The summed E-state index contributed by atoms with van der Waals surface area (Å²) in [6.07, 6.45) is -0.244. The molecule has 44 heavy (non-hydrogen) atoms. The van der Waals surface area contributed by atoms with Crippen molar-refractivity contribution in [1.82, 2.24) is 5.32 Å². The number of hydrogen-bond donors (Lipinski definition) is 1. The number of fused-ring (bicyclic) bond motifs is 6. The van der Waals surface area contributed by atoms with Crippen LogP contribution in [-0.4, -0.2) is 11.7 Å². The van der Waals surface area contributed by atoms with Crippen molar-refractivity contribution in [3.05, 3.63) is 156 Å². The van der Waals surface area contributed by atoms with Gasteiger partial charge in [0.1, 0.15) is 23.2 Å². The summed E-state index contributed by atoms with van der Waals surface area (Å²) in [5.74, 6) is 1.56. The zero-order valence-electron chi connectivity index (χ0n) is 23.6. The maximum Gasteiger partial charge on any atom is 0.159 e. The molecule has 2 aromatic heterocycles. The number of hydrogen-bond acceptors (Lipinski definition) is 5. The van der Waals surface area contributed by atoms with Crippen LogP contribution in [0.5, 0.6) is 0 Å². The molecule has 0 saturated carbocycles. The summed E-state index contributed by atoms with van der Waals surface area (Å²) in [6.45, 7) is 0. The highest BCUT2D eigenvalue weighted by Crippen LogP contribution is 2.40. The zero-order valence-corrected chi connectivity index (χ0v) is 24.4. The van der Waals surface area contributed by atoms with Crippen molar-refractivity contribution in [2.24, 2.45) is 9.98 Å². The molecule has 0 saturated heterocycles. The van der Waals surface area contributed by atoms with Crippen LogP contribution in [0.2, 0.25) is 0 Å². The Hall–Kier alpha value is -5.52. The molecule has 1 atom stereocenters. The largest absolute Gasteiger partial charge is 0.456 e. The first-order valence-electron chi connectivity index (χ1n) is 14.7. The van der Waals surface area contributed by atoms with Crippen LogP contribution in [0.1, 0.15) is 22.9 Å². The molecule has 0 bridgehead atoms. The molecule has 3 heterocycles. The highest BCUT2D eigenvalue weighted by Gasteiger charge is 2.23. The lowest BCUT2D eigenvalue weighted by molar-refractivity contribution is 0.669. The number of aliphatic imine (C=N–C) groups is 2. The van der Waals surface area contributed by atoms with Gasteiger partial charge in [-0.25, -0.2) is 9.98 Å². The first-order chi connectivity index (χ1) is 21.8. The topological polar surface area (TPSA) is 49.9 Å². The molecule has 0 fully saturated rings.